The van der Waals surface area contributed by atoms with Gasteiger partial charge in [-0.15, -0.1) is 0 Å². The largest absolute Gasteiger partial charge is 0.394 e. The van der Waals surface area contributed by atoms with Crippen LogP contribution in [-0.4, -0.2) is 74.8 Å². The molecule has 0 radical (unpaired) electrons. The highest BCUT2D eigenvalue weighted by Gasteiger charge is 2.73. The van der Waals surface area contributed by atoms with Crippen molar-refractivity contribution in [3.05, 3.63) is 23.8 Å². The first-order valence-corrected chi connectivity index (χ1v) is 13.2. The van der Waals surface area contributed by atoms with Crippen LogP contribution >= 0.6 is 0 Å². The Morgan fingerprint density at radius 1 is 1.14 bits per heavy atom. The number of aliphatic hydroxyl groups excluding tert-OH is 4. The van der Waals surface area contributed by atoms with Crippen LogP contribution in [0.2, 0.25) is 0 Å². The van der Waals surface area contributed by atoms with E-state index in [1.165, 1.54) is 12.2 Å². The van der Waals surface area contributed by atoms with Gasteiger partial charge in [-0.1, -0.05) is 25.5 Å². The molecule has 200 valence electrons. The van der Waals surface area contributed by atoms with E-state index in [-0.39, 0.29) is 35.7 Å². The summed E-state index contributed by atoms with van der Waals surface area (Å²) in [6.45, 7) is 6.90. The molecule has 0 amide bonds. The van der Waals surface area contributed by atoms with E-state index in [2.05, 4.69) is 6.92 Å². The fourth-order valence-electron chi connectivity index (χ4n) is 9.39. The first kappa shape index (κ1) is 26.2. The molecule has 4 fully saturated rings. The summed E-state index contributed by atoms with van der Waals surface area (Å²) in [6.07, 6.45) is -0.496. The fourth-order valence-corrected chi connectivity index (χ4v) is 9.39. The lowest BCUT2D eigenvalue weighted by Gasteiger charge is -2.65. The summed E-state index contributed by atoms with van der Waals surface area (Å²) < 4.78 is 24.3. The summed E-state index contributed by atoms with van der Waals surface area (Å²) in [5.41, 5.74) is -2.91. The Morgan fingerprint density at radius 2 is 1.83 bits per heavy atom. The van der Waals surface area contributed by atoms with Gasteiger partial charge in [-0.25, -0.2) is 4.39 Å². The Morgan fingerprint density at radius 3 is 2.47 bits per heavy atom. The van der Waals surface area contributed by atoms with Crippen LogP contribution in [0, 0.1) is 40.4 Å². The molecule has 8 heteroatoms. The molecule has 7 nitrogen and oxygen atoms in total. The molecule has 5 rings (SSSR count). The molecule has 1 aliphatic heterocycles. The number of carbonyl (C=O) groups is 2. The Balaban J connectivity index is 1.68. The summed E-state index contributed by atoms with van der Waals surface area (Å²) >= 11 is 0. The third-order valence-electron chi connectivity index (χ3n) is 10.8. The van der Waals surface area contributed by atoms with Gasteiger partial charge in [0.05, 0.1) is 12.7 Å². The monoisotopic (exact) mass is 506 g/mol. The van der Waals surface area contributed by atoms with Crippen LogP contribution in [0.15, 0.2) is 23.8 Å². The van der Waals surface area contributed by atoms with E-state index in [4.69, 9.17) is 4.74 Å². The SMILES string of the molecule is CC(=O)[C@H]1C(C)C[C@H]2[C@@H]3CCC4=CC(=O)C=C[C@]4(C)[C@@]3(F)C([C@@H]3O[C@H](CO)[C@H](O)[C@H](O)[C@H]3O)C[C@]12C. The molecule has 4 aliphatic carbocycles. The minimum Gasteiger partial charge on any atom is -0.394 e. The third kappa shape index (κ3) is 3.27. The summed E-state index contributed by atoms with van der Waals surface area (Å²) in [5, 5.41) is 41.9. The lowest BCUT2D eigenvalue weighted by Crippen LogP contribution is -2.71. The zero-order chi connectivity index (χ0) is 26.4. The molecule has 1 saturated heterocycles. The van der Waals surface area contributed by atoms with Crippen molar-refractivity contribution in [1.29, 1.82) is 0 Å². The highest BCUT2D eigenvalue weighted by atomic mass is 19.1. The van der Waals surface area contributed by atoms with Crippen LogP contribution in [0.4, 0.5) is 4.39 Å². The van der Waals surface area contributed by atoms with Gasteiger partial charge < -0.3 is 25.2 Å². The Kier molecular flexibility index (Phi) is 6.20. The summed E-state index contributed by atoms with van der Waals surface area (Å²) in [4.78, 5) is 25.1. The second-order valence-electron chi connectivity index (χ2n) is 12.5. The van der Waals surface area contributed by atoms with Crippen molar-refractivity contribution < 1.29 is 39.1 Å². The summed E-state index contributed by atoms with van der Waals surface area (Å²) in [7, 11) is 0. The van der Waals surface area contributed by atoms with E-state index in [1.807, 2.05) is 6.92 Å². The maximum absolute atomic E-state index is 18.3. The molecular formula is C28H39FO7. The van der Waals surface area contributed by atoms with Crippen molar-refractivity contribution in [3.63, 3.8) is 0 Å². The molecule has 36 heavy (non-hydrogen) atoms. The van der Waals surface area contributed by atoms with Crippen molar-refractivity contribution in [3.8, 4) is 0 Å². The summed E-state index contributed by atoms with van der Waals surface area (Å²) in [5.74, 6) is -1.79. The number of ether oxygens (including phenoxy) is 1. The molecule has 13 atom stereocenters. The van der Waals surface area contributed by atoms with Crippen LogP contribution < -0.4 is 0 Å². The second-order valence-corrected chi connectivity index (χ2v) is 12.5. The van der Waals surface area contributed by atoms with Gasteiger partial charge in [0, 0.05) is 17.3 Å². The predicted molar refractivity (Wildman–Crippen MR) is 128 cm³/mol. The van der Waals surface area contributed by atoms with Gasteiger partial charge in [0.15, 0.2) is 5.78 Å². The predicted octanol–water partition coefficient (Wildman–Crippen LogP) is 1.91. The van der Waals surface area contributed by atoms with E-state index in [9.17, 15) is 30.0 Å². The van der Waals surface area contributed by atoms with Crippen molar-refractivity contribution in [2.24, 2.45) is 40.4 Å². The van der Waals surface area contributed by atoms with Gasteiger partial charge in [0.1, 0.15) is 35.9 Å². The highest BCUT2D eigenvalue weighted by molar-refractivity contribution is 6.01. The van der Waals surface area contributed by atoms with Crippen LogP contribution in [0.25, 0.3) is 0 Å². The highest BCUT2D eigenvalue weighted by Crippen LogP contribution is 2.72. The minimum absolute atomic E-state index is 0.0668. The zero-order valence-corrected chi connectivity index (χ0v) is 21.4. The van der Waals surface area contributed by atoms with Crippen molar-refractivity contribution in [2.75, 3.05) is 6.61 Å². The van der Waals surface area contributed by atoms with E-state index in [0.717, 1.165) is 6.42 Å². The van der Waals surface area contributed by atoms with Gasteiger partial charge >= 0.3 is 0 Å². The Labute approximate surface area is 211 Å². The lowest BCUT2D eigenvalue weighted by atomic mass is 9.42. The van der Waals surface area contributed by atoms with Gasteiger partial charge in [-0.3, -0.25) is 9.59 Å². The lowest BCUT2D eigenvalue weighted by molar-refractivity contribution is -0.278. The van der Waals surface area contributed by atoms with Crippen molar-refractivity contribution >= 4 is 11.6 Å². The molecule has 0 aromatic carbocycles. The molecule has 1 heterocycles. The van der Waals surface area contributed by atoms with Crippen LogP contribution in [0.3, 0.4) is 0 Å². The smallest absolute Gasteiger partial charge is 0.178 e. The summed E-state index contributed by atoms with van der Waals surface area (Å²) in [6, 6.07) is 0. The second kappa shape index (κ2) is 8.53. The van der Waals surface area contributed by atoms with Gasteiger partial charge in [-0.05, 0) is 74.9 Å². The number of halogens is 1. The number of fused-ring (bicyclic) bond motifs is 5. The van der Waals surface area contributed by atoms with Crippen molar-refractivity contribution in [1.82, 2.24) is 0 Å². The Bertz CT molecular complexity index is 1010. The van der Waals surface area contributed by atoms with E-state index >= 15 is 4.39 Å². The minimum atomic E-state index is -1.95. The van der Waals surface area contributed by atoms with Crippen LogP contribution in [-0.2, 0) is 14.3 Å². The maximum Gasteiger partial charge on any atom is 0.178 e. The maximum atomic E-state index is 18.3. The molecule has 2 unspecified atom stereocenters. The number of Topliss-reactive ketones (excluding diaryl/α,β-unsaturated/α-hetero) is 1. The average Bonchev–Trinajstić information content (AvgIpc) is 3.08. The number of hydrogen-bond donors (Lipinski definition) is 4. The van der Waals surface area contributed by atoms with Crippen LogP contribution in [0.5, 0.6) is 0 Å². The number of hydrogen-bond acceptors (Lipinski definition) is 7. The number of allylic oxidation sites excluding steroid dienone is 4. The number of aliphatic hydroxyl groups is 4. The van der Waals surface area contributed by atoms with Crippen molar-refractivity contribution in [2.45, 2.75) is 89.6 Å². The number of alkyl halides is 1. The van der Waals surface area contributed by atoms with Gasteiger partial charge in [0.25, 0.3) is 0 Å². The first-order valence-electron chi connectivity index (χ1n) is 13.2. The van der Waals surface area contributed by atoms with Crippen LogP contribution in [0.1, 0.15) is 53.4 Å². The third-order valence-corrected chi connectivity index (χ3v) is 10.8. The zero-order valence-electron chi connectivity index (χ0n) is 21.4. The molecule has 4 N–H and O–H groups in total. The molecule has 0 aromatic heterocycles. The molecule has 5 aliphatic rings. The van der Waals surface area contributed by atoms with Gasteiger partial charge in [-0.2, -0.15) is 0 Å². The molecule has 0 spiro atoms. The number of carbonyl (C=O) groups excluding carboxylic acids is 2. The standard InChI is InChI=1S/C28H39FO7/c1-13-9-18-17-6-5-15-10-16(32)7-8-27(15,4)28(17,29)19(11-26(18,3)21(13)14(2)31)25-24(35)23(34)22(33)20(12-30)36-25/h7-8,10,13,17-25,30,33-35H,5-6,9,11-12H2,1-4H3/t13?,17-,18-,19?,20+,21+,22-,23-,24+,25-,26-,27-,28-/m0/s1. The first-order chi connectivity index (χ1) is 16.8. The van der Waals surface area contributed by atoms with E-state index < -0.39 is 65.5 Å². The normalized spacial score (nSPS) is 54.4. The average molecular weight is 507 g/mol. The number of rotatable bonds is 3. The van der Waals surface area contributed by atoms with E-state index in [1.54, 1.807) is 19.9 Å². The van der Waals surface area contributed by atoms with E-state index in [0.29, 0.717) is 18.4 Å². The molecule has 3 saturated carbocycles. The molecule has 0 bridgehead atoms. The quantitative estimate of drug-likeness (QED) is 0.461. The Hall–Kier alpha value is -1.45. The fraction of sp³-hybridized carbons (Fsp3) is 0.786. The molecular weight excluding hydrogens is 467 g/mol. The topological polar surface area (TPSA) is 124 Å². The van der Waals surface area contributed by atoms with Gasteiger partial charge in [0.2, 0.25) is 0 Å². The number of ketones is 2. The molecule has 0 aromatic rings.